The van der Waals surface area contributed by atoms with Crippen LogP contribution in [-0.4, -0.2) is 16.3 Å². The fraction of sp³-hybridized carbons (Fsp3) is 0.267. The van der Waals surface area contributed by atoms with Crippen LogP contribution in [0.3, 0.4) is 0 Å². The van der Waals surface area contributed by atoms with Gasteiger partial charge in [-0.15, -0.1) is 0 Å². The average molecular weight is 290 g/mol. The second-order valence-corrected chi connectivity index (χ2v) is 5.21. The molecule has 5 heteroatoms. The van der Waals surface area contributed by atoms with Crippen molar-refractivity contribution in [2.45, 2.75) is 13.0 Å². The molecule has 0 radical (unpaired) electrons. The van der Waals surface area contributed by atoms with Crippen LogP contribution in [0.4, 0.5) is 0 Å². The molecule has 1 aromatic carbocycles. The molecule has 1 atom stereocenters. The first-order chi connectivity index (χ1) is 9.67. The summed E-state index contributed by atoms with van der Waals surface area (Å²) < 4.78 is 7.73. The molecule has 0 fully saturated rings. The van der Waals surface area contributed by atoms with Crippen LogP contribution in [0.15, 0.2) is 41.1 Å². The summed E-state index contributed by atoms with van der Waals surface area (Å²) in [5, 5.41) is 9.38. The monoisotopic (exact) mass is 289 g/mol. The zero-order valence-corrected chi connectivity index (χ0v) is 12.2. The zero-order valence-electron chi connectivity index (χ0n) is 11.4. The second-order valence-electron chi connectivity index (χ2n) is 4.77. The minimum atomic E-state index is -0.000115. The van der Waals surface area contributed by atoms with E-state index in [1.165, 1.54) is 0 Å². The molecule has 20 heavy (non-hydrogen) atoms. The van der Waals surface area contributed by atoms with Gasteiger partial charge in [-0.3, -0.25) is 4.68 Å². The van der Waals surface area contributed by atoms with Crippen molar-refractivity contribution in [1.82, 2.24) is 15.1 Å². The molecule has 1 N–H and O–H groups in total. The molecule has 0 aliphatic heterocycles. The highest BCUT2D eigenvalue weighted by atomic mass is 35.5. The number of halogens is 1. The van der Waals surface area contributed by atoms with E-state index < -0.39 is 0 Å². The fourth-order valence-corrected chi connectivity index (χ4v) is 2.53. The molecular weight excluding hydrogens is 274 g/mol. The maximum absolute atomic E-state index is 6.02. The number of hydrogen-bond donors (Lipinski definition) is 1. The van der Waals surface area contributed by atoms with Gasteiger partial charge in [-0.1, -0.05) is 18.5 Å². The molecular formula is C15H16ClN3O. The van der Waals surface area contributed by atoms with Gasteiger partial charge in [0.15, 0.2) is 0 Å². The number of rotatable bonds is 4. The number of benzene rings is 1. The molecule has 0 spiro atoms. The molecule has 4 nitrogen and oxygen atoms in total. The normalized spacial score (nSPS) is 12.9. The van der Waals surface area contributed by atoms with Crippen molar-refractivity contribution in [2.75, 3.05) is 6.54 Å². The number of aromatic nitrogens is 2. The van der Waals surface area contributed by atoms with Crippen molar-refractivity contribution in [3.05, 3.63) is 53.0 Å². The van der Waals surface area contributed by atoms with Gasteiger partial charge in [0.25, 0.3) is 0 Å². The van der Waals surface area contributed by atoms with Crippen molar-refractivity contribution in [3.63, 3.8) is 0 Å². The molecule has 104 valence electrons. The van der Waals surface area contributed by atoms with Crippen LogP contribution in [0.25, 0.3) is 11.0 Å². The molecule has 0 saturated heterocycles. The summed E-state index contributed by atoms with van der Waals surface area (Å²) in [6.07, 6.45) is 3.85. The Hall–Kier alpha value is -1.78. The molecule has 2 heterocycles. The molecule has 3 rings (SSSR count). The Morgan fingerprint density at radius 2 is 2.25 bits per heavy atom. The SMILES string of the molecule is CCNC(c1cnn(C)c1)c1cc2cc(Cl)ccc2o1. The standard InChI is InChI=1S/C15H16ClN3O/c1-3-17-15(11-8-18-19(2)9-11)14-7-10-6-12(16)4-5-13(10)20-14/h4-9,15,17H,3H2,1-2H3. The van der Waals surface area contributed by atoms with Crippen molar-refractivity contribution >= 4 is 22.6 Å². The largest absolute Gasteiger partial charge is 0.459 e. The van der Waals surface area contributed by atoms with E-state index in [1.54, 1.807) is 4.68 Å². The van der Waals surface area contributed by atoms with Crippen LogP contribution < -0.4 is 5.32 Å². The molecule has 0 aliphatic rings. The van der Waals surface area contributed by atoms with E-state index in [4.69, 9.17) is 16.0 Å². The van der Waals surface area contributed by atoms with Crippen LogP contribution in [0.2, 0.25) is 5.02 Å². The van der Waals surface area contributed by atoms with Gasteiger partial charge in [-0.25, -0.2) is 0 Å². The van der Waals surface area contributed by atoms with Crippen LogP contribution in [0, 0.1) is 0 Å². The van der Waals surface area contributed by atoms with Crippen LogP contribution in [0.1, 0.15) is 24.3 Å². The van der Waals surface area contributed by atoms with Crippen molar-refractivity contribution < 1.29 is 4.42 Å². The number of nitrogens with zero attached hydrogens (tertiary/aromatic N) is 2. The Labute approximate surface area is 122 Å². The van der Waals surface area contributed by atoms with E-state index in [0.717, 1.165) is 28.8 Å². The lowest BCUT2D eigenvalue weighted by molar-refractivity contribution is 0.477. The fourth-order valence-electron chi connectivity index (χ4n) is 2.35. The van der Waals surface area contributed by atoms with E-state index in [0.29, 0.717) is 5.02 Å². The summed E-state index contributed by atoms with van der Waals surface area (Å²) >= 11 is 6.02. The van der Waals surface area contributed by atoms with E-state index in [2.05, 4.69) is 17.3 Å². The quantitative estimate of drug-likeness (QED) is 0.799. The third-order valence-electron chi connectivity index (χ3n) is 3.25. The Morgan fingerprint density at radius 1 is 1.40 bits per heavy atom. The Morgan fingerprint density at radius 3 is 2.95 bits per heavy atom. The third kappa shape index (κ3) is 2.44. The van der Waals surface area contributed by atoms with Gasteiger partial charge in [0.1, 0.15) is 11.3 Å². The summed E-state index contributed by atoms with van der Waals surface area (Å²) in [6.45, 7) is 2.92. The lowest BCUT2D eigenvalue weighted by Crippen LogP contribution is -2.21. The minimum Gasteiger partial charge on any atom is -0.459 e. The predicted molar refractivity (Wildman–Crippen MR) is 80.0 cm³/mol. The summed E-state index contributed by atoms with van der Waals surface area (Å²) in [5.41, 5.74) is 1.93. The highest BCUT2D eigenvalue weighted by Crippen LogP contribution is 2.29. The van der Waals surface area contributed by atoms with Crippen LogP contribution in [-0.2, 0) is 7.05 Å². The van der Waals surface area contributed by atoms with Crippen molar-refractivity contribution in [3.8, 4) is 0 Å². The maximum atomic E-state index is 6.02. The lowest BCUT2D eigenvalue weighted by Gasteiger charge is -2.13. The number of fused-ring (bicyclic) bond motifs is 1. The van der Waals surface area contributed by atoms with Gasteiger partial charge in [-0.2, -0.15) is 5.10 Å². The molecule has 0 amide bonds. The molecule has 1 unspecified atom stereocenters. The lowest BCUT2D eigenvalue weighted by atomic mass is 10.1. The predicted octanol–water partition coefficient (Wildman–Crippen LogP) is 3.52. The Kier molecular flexibility index (Phi) is 3.51. The first kappa shape index (κ1) is 13.2. The minimum absolute atomic E-state index is 0.000115. The van der Waals surface area contributed by atoms with E-state index in [1.807, 2.05) is 43.7 Å². The highest BCUT2D eigenvalue weighted by Gasteiger charge is 2.19. The van der Waals surface area contributed by atoms with Gasteiger partial charge in [-0.05, 0) is 30.8 Å². The van der Waals surface area contributed by atoms with Crippen LogP contribution in [0.5, 0.6) is 0 Å². The van der Waals surface area contributed by atoms with Gasteiger partial charge in [0, 0.05) is 29.2 Å². The second kappa shape index (κ2) is 5.31. The topological polar surface area (TPSA) is 43.0 Å². The van der Waals surface area contributed by atoms with E-state index >= 15 is 0 Å². The molecule has 0 saturated carbocycles. The number of hydrogen-bond acceptors (Lipinski definition) is 3. The smallest absolute Gasteiger partial charge is 0.134 e. The Bertz CT molecular complexity index is 732. The van der Waals surface area contributed by atoms with Crippen LogP contribution >= 0.6 is 11.6 Å². The first-order valence-electron chi connectivity index (χ1n) is 6.58. The van der Waals surface area contributed by atoms with Gasteiger partial charge < -0.3 is 9.73 Å². The summed E-state index contributed by atoms with van der Waals surface area (Å²) in [7, 11) is 1.91. The van der Waals surface area contributed by atoms with Gasteiger partial charge in [0.05, 0.1) is 12.2 Å². The number of nitrogens with one attached hydrogen (secondary N) is 1. The summed E-state index contributed by atoms with van der Waals surface area (Å²) in [5.74, 6) is 0.872. The van der Waals surface area contributed by atoms with E-state index in [9.17, 15) is 0 Å². The number of aryl methyl sites for hydroxylation is 1. The maximum Gasteiger partial charge on any atom is 0.134 e. The first-order valence-corrected chi connectivity index (χ1v) is 6.96. The van der Waals surface area contributed by atoms with Gasteiger partial charge in [0.2, 0.25) is 0 Å². The highest BCUT2D eigenvalue weighted by molar-refractivity contribution is 6.31. The molecule has 3 aromatic rings. The number of furan rings is 1. The zero-order chi connectivity index (χ0) is 14.1. The summed E-state index contributed by atoms with van der Waals surface area (Å²) in [6, 6.07) is 7.68. The molecule has 2 aromatic heterocycles. The van der Waals surface area contributed by atoms with Gasteiger partial charge >= 0.3 is 0 Å². The average Bonchev–Trinajstić information content (AvgIpc) is 3.01. The molecule has 0 aliphatic carbocycles. The van der Waals surface area contributed by atoms with Crippen molar-refractivity contribution in [1.29, 1.82) is 0 Å². The van der Waals surface area contributed by atoms with Crippen molar-refractivity contribution in [2.24, 2.45) is 7.05 Å². The van der Waals surface area contributed by atoms with E-state index in [-0.39, 0.29) is 6.04 Å². The Balaban J connectivity index is 2.04. The molecule has 0 bridgehead atoms. The summed E-state index contributed by atoms with van der Waals surface area (Å²) in [4.78, 5) is 0. The third-order valence-corrected chi connectivity index (χ3v) is 3.48.